The van der Waals surface area contributed by atoms with E-state index in [0.717, 1.165) is 11.3 Å². The van der Waals surface area contributed by atoms with Gasteiger partial charge in [0.15, 0.2) is 0 Å². The van der Waals surface area contributed by atoms with Gasteiger partial charge in [0.25, 0.3) is 0 Å². The molecule has 0 saturated carbocycles. The molecule has 126 valence electrons. The molecule has 1 aromatic heterocycles. The standard InChI is InChI=1S/C18H20FN3O2/c1-14(23)22(13-15-5-7-16(19)8-6-15)11-9-18(24)21-12-17-4-2-3-10-20-17/h2-8,10H,9,11-13H2,1H3,(H,21,24). The number of rotatable bonds is 7. The van der Waals surface area contributed by atoms with Gasteiger partial charge in [-0.25, -0.2) is 4.39 Å². The number of halogens is 1. The molecule has 0 aliphatic carbocycles. The van der Waals surface area contributed by atoms with Crippen molar-refractivity contribution in [2.45, 2.75) is 26.4 Å². The monoisotopic (exact) mass is 329 g/mol. The minimum atomic E-state index is -0.318. The SMILES string of the molecule is CC(=O)N(CCC(=O)NCc1ccccn1)Cc1ccc(F)cc1. The van der Waals surface area contributed by atoms with E-state index in [0.29, 0.717) is 19.6 Å². The van der Waals surface area contributed by atoms with Gasteiger partial charge in [-0.2, -0.15) is 0 Å². The van der Waals surface area contributed by atoms with Gasteiger partial charge in [0, 0.05) is 32.6 Å². The summed E-state index contributed by atoms with van der Waals surface area (Å²) in [6.07, 6.45) is 1.87. The minimum absolute atomic E-state index is 0.128. The van der Waals surface area contributed by atoms with Gasteiger partial charge in [-0.1, -0.05) is 18.2 Å². The highest BCUT2D eigenvalue weighted by atomic mass is 19.1. The van der Waals surface area contributed by atoms with Crippen LogP contribution in [0.2, 0.25) is 0 Å². The topological polar surface area (TPSA) is 62.3 Å². The van der Waals surface area contributed by atoms with Crippen molar-refractivity contribution in [3.63, 3.8) is 0 Å². The van der Waals surface area contributed by atoms with Gasteiger partial charge in [-0.3, -0.25) is 14.6 Å². The average Bonchev–Trinajstić information content (AvgIpc) is 2.59. The Morgan fingerprint density at radius 2 is 1.92 bits per heavy atom. The van der Waals surface area contributed by atoms with Crippen molar-refractivity contribution < 1.29 is 14.0 Å². The molecule has 0 fully saturated rings. The summed E-state index contributed by atoms with van der Waals surface area (Å²) in [5.74, 6) is -0.593. The zero-order valence-corrected chi connectivity index (χ0v) is 13.5. The van der Waals surface area contributed by atoms with Crippen molar-refractivity contribution in [2.24, 2.45) is 0 Å². The number of pyridine rings is 1. The largest absolute Gasteiger partial charge is 0.350 e. The summed E-state index contributed by atoms with van der Waals surface area (Å²) in [5, 5.41) is 2.78. The number of hydrogen-bond donors (Lipinski definition) is 1. The van der Waals surface area contributed by atoms with Gasteiger partial charge < -0.3 is 10.2 Å². The molecule has 5 nitrogen and oxygen atoms in total. The summed E-state index contributed by atoms with van der Waals surface area (Å²) in [6, 6.07) is 11.5. The van der Waals surface area contributed by atoms with Crippen LogP contribution in [0.4, 0.5) is 4.39 Å². The van der Waals surface area contributed by atoms with Gasteiger partial charge in [0.2, 0.25) is 11.8 Å². The molecule has 0 spiro atoms. The summed E-state index contributed by atoms with van der Waals surface area (Å²) in [4.78, 5) is 29.3. The third-order valence-corrected chi connectivity index (χ3v) is 3.53. The first-order chi connectivity index (χ1) is 11.5. The lowest BCUT2D eigenvalue weighted by atomic mass is 10.2. The van der Waals surface area contributed by atoms with Gasteiger partial charge in [-0.15, -0.1) is 0 Å². The second-order valence-electron chi connectivity index (χ2n) is 5.41. The predicted molar refractivity (Wildman–Crippen MR) is 88.2 cm³/mol. The van der Waals surface area contributed by atoms with Crippen LogP contribution in [0.15, 0.2) is 48.7 Å². The molecule has 0 unspecified atom stereocenters. The molecule has 0 aliphatic heterocycles. The van der Waals surface area contributed by atoms with E-state index in [-0.39, 0.29) is 24.1 Å². The van der Waals surface area contributed by atoms with Gasteiger partial charge in [-0.05, 0) is 29.8 Å². The highest BCUT2D eigenvalue weighted by Gasteiger charge is 2.12. The molecule has 6 heteroatoms. The second kappa shape index (κ2) is 8.76. The van der Waals surface area contributed by atoms with Crippen LogP contribution in [0.1, 0.15) is 24.6 Å². The van der Waals surface area contributed by atoms with Crippen LogP contribution in [-0.4, -0.2) is 28.2 Å². The van der Waals surface area contributed by atoms with E-state index in [4.69, 9.17) is 0 Å². The smallest absolute Gasteiger partial charge is 0.222 e. The normalized spacial score (nSPS) is 10.2. The summed E-state index contributed by atoms with van der Waals surface area (Å²) in [7, 11) is 0. The average molecular weight is 329 g/mol. The fraction of sp³-hybridized carbons (Fsp3) is 0.278. The van der Waals surface area contributed by atoms with Crippen molar-refractivity contribution >= 4 is 11.8 Å². The third-order valence-electron chi connectivity index (χ3n) is 3.53. The first-order valence-electron chi connectivity index (χ1n) is 7.71. The molecule has 1 N–H and O–H groups in total. The van der Waals surface area contributed by atoms with Gasteiger partial charge in [0.1, 0.15) is 5.82 Å². The Morgan fingerprint density at radius 1 is 1.17 bits per heavy atom. The highest BCUT2D eigenvalue weighted by molar-refractivity contribution is 5.78. The molecular weight excluding hydrogens is 309 g/mol. The van der Waals surface area contributed by atoms with Crippen LogP contribution in [0, 0.1) is 5.82 Å². The summed E-state index contributed by atoms with van der Waals surface area (Å²) in [5.41, 5.74) is 1.60. The Balaban J connectivity index is 1.81. The number of carbonyl (C=O) groups is 2. The lowest BCUT2D eigenvalue weighted by molar-refractivity contribution is -0.130. The van der Waals surface area contributed by atoms with E-state index in [1.807, 2.05) is 18.2 Å². The molecule has 2 aromatic rings. The summed E-state index contributed by atoms with van der Waals surface area (Å²) in [6.45, 7) is 2.47. The zero-order chi connectivity index (χ0) is 17.4. The number of hydrogen-bond acceptors (Lipinski definition) is 3. The van der Waals surface area contributed by atoms with Crippen LogP contribution in [0.25, 0.3) is 0 Å². The van der Waals surface area contributed by atoms with Crippen LogP contribution < -0.4 is 5.32 Å². The molecule has 0 atom stereocenters. The number of benzene rings is 1. The Morgan fingerprint density at radius 3 is 2.54 bits per heavy atom. The van der Waals surface area contributed by atoms with Crippen LogP contribution in [-0.2, 0) is 22.7 Å². The molecular formula is C18H20FN3O2. The van der Waals surface area contributed by atoms with Crippen LogP contribution in [0.3, 0.4) is 0 Å². The predicted octanol–water partition coefficient (Wildman–Crippen LogP) is 2.28. The lowest BCUT2D eigenvalue weighted by Gasteiger charge is -2.21. The van der Waals surface area contributed by atoms with E-state index >= 15 is 0 Å². The Hall–Kier alpha value is -2.76. The molecule has 1 aromatic carbocycles. The third kappa shape index (κ3) is 5.79. The zero-order valence-electron chi connectivity index (χ0n) is 13.5. The fourth-order valence-corrected chi connectivity index (χ4v) is 2.17. The summed E-state index contributed by atoms with van der Waals surface area (Å²) < 4.78 is 12.9. The Kier molecular flexibility index (Phi) is 6.42. The molecule has 1 heterocycles. The van der Waals surface area contributed by atoms with E-state index < -0.39 is 0 Å². The minimum Gasteiger partial charge on any atom is -0.350 e. The van der Waals surface area contributed by atoms with Gasteiger partial charge >= 0.3 is 0 Å². The highest BCUT2D eigenvalue weighted by Crippen LogP contribution is 2.07. The number of amides is 2. The van der Waals surface area contributed by atoms with E-state index in [9.17, 15) is 14.0 Å². The first kappa shape index (κ1) is 17.6. The Labute approximate surface area is 140 Å². The van der Waals surface area contributed by atoms with E-state index in [1.54, 1.807) is 23.2 Å². The maximum Gasteiger partial charge on any atom is 0.222 e. The van der Waals surface area contributed by atoms with Crippen molar-refractivity contribution in [1.29, 1.82) is 0 Å². The summed E-state index contributed by atoms with van der Waals surface area (Å²) >= 11 is 0. The van der Waals surface area contributed by atoms with Crippen molar-refractivity contribution in [1.82, 2.24) is 15.2 Å². The van der Waals surface area contributed by atoms with Crippen LogP contribution in [0.5, 0.6) is 0 Å². The first-order valence-corrected chi connectivity index (χ1v) is 7.71. The van der Waals surface area contributed by atoms with E-state index in [1.165, 1.54) is 19.1 Å². The Bertz CT molecular complexity index is 674. The maximum absolute atomic E-state index is 12.9. The van der Waals surface area contributed by atoms with Gasteiger partial charge in [0.05, 0.1) is 12.2 Å². The molecule has 0 saturated heterocycles. The maximum atomic E-state index is 12.9. The number of carbonyl (C=O) groups excluding carboxylic acids is 2. The van der Waals surface area contributed by atoms with Crippen LogP contribution >= 0.6 is 0 Å². The number of aromatic nitrogens is 1. The van der Waals surface area contributed by atoms with Crippen molar-refractivity contribution in [3.8, 4) is 0 Å². The number of nitrogens with zero attached hydrogens (tertiary/aromatic N) is 2. The molecule has 24 heavy (non-hydrogen) atoms. The molecule has 2 amide bonds. The molecule has 0 bridgehead atoms. The molecule has 0 radical (unpaired) electrons. The fourth-order valence-electron chi connectivity index (χ4n) is 2.17. The van der Waals surface area contributed by atoms with E-state index in [2.05, 4.69) is 10.3 Å². The second-order valence-corrected chi connectivity index (χ2v) is 5.41. The lowest BCUT2D eigenvalue weighted by Crippen LogP contribution is -2.33. The van der Waals surface area contributed by atoms with Crippen molar-refractivity contribution in [3.05, 3.63) is 65.7 Å². The quantitative estimate of drug-likeness (QED) is 0.848. The molecule has 0 aliphatic rings. The van der Waals surface area contributed by atoms with Crippen molar-refractivity contribution in [2.75, 3.05) is 6.54 Å². The number of nitrogens with one attached hydrogen (secondary N) is 1. The molecule has 2 rings (SSSR count).